The Morgan fingerprint density at radius 3 is 1.37 bits per heavy atom. The molecule has 2 aliphatic heterocycles. The normalized spacial score (nSPS) is 20.8. The van der Waals surface area contributed by atoms with Crippen LogP contribution in [0.4, 0.5) is 0 Å². The predicted molar refractivity (Wildman–Crippen MR) is 330 cm³/mol. The molecule has 0 spiro atoms. The smallest absolute Gasteiger partial charge is 0.342 e. The first-order valence-corrected chi connectivity index (χ1v) is 34.4. The van der Waals surface area contributed by atoms with E-state index in [1.165, 1.54) is 12.2 Å². The van der Waals surface area contributed by atoms with Crippen molar-refractivity contribution in [1.29, 1.82) is 0 Å². The average Bonchev–Trinajstić information content (AvgIpc) is 2.67. The van der Waals surface area contributed by atoms with Crippen molar-refractivity contribution in [1.82, 2.24) is 0 Å². The molecule has 4 aromatic carbocycles. The second-order valence-electron chi connectivity index (χ2n) is 24.4. The Balaban J connectivity index is 0.000000308. The number of fused-ring (bicyclic) bond motifs is 2. The van der Waals surface area contributed by atoms with Crippen LogP contribution in [0.2, 0.25) is 36.3 Å². The summed E-state index contributed by atoms with van der Waals surface area (Å²) in [5, 5.41) is 12.0. The molecular weight excluding hydrogens is 1100 g/mol. The Morgan fingerprint density at radius 1 is 0.607 bits per heavy atom. The number of amides is 1. The lowest BCUT2D eigenvalue weighted by Gasteiger charge is -2.37. The maximum Gasteiger partial charge on any atom is 0.342 e. The fourth-order valence-corrected chi connectivity index (χ4v) is 10.8. The second kappa shape index (κ2) is 30.7. The van der Waals surface area contributed by atoms with Gasteiger partial charge in [0.25, 0.3) is 16.6 Å². The molecule has 0 aromatic heterocycles. The Hall–Kier alpha value is -7.80. The maximum absolute atomic E-state index is 13.9. The van der Waals surface area contributed by atoms with Crippen LogP contribution in [0.1, 0.15) is 146 Å². The molecule has 0 radical (unpaired) electrons. The molecule has 2 heterocycles. The molecule has 2 aliphatic rings. The number of carboxylic acids is 1. The number of carbonyl (C=O) groups excluding carboxylic acids is 5. The third kappa shape index (κ3) is 19.9. The molecule has 2 unspecified atom stereocenters. The minimum Gasteiger partial charge on any atom is -0.543 e. The molecule has 0 saturated carbocycles. The van der Waals surface area contributed by atoms with Crippen molar-refractivity contribution >= 4 is 52.4 Å². The highest BCUT2D eigenvalue weighted by Gasteiger charge is 2.42. The number of cyclic esters (lactones) is 2. The van der Waals surface area contributed by atoms with Gasteiger partial charge in [-0.25, -0.2) is 24.0 Å². The molecule has 0 aliphatic carbocycles. The van der Waals surface area contributed by atoms with Crippen molar-refractivity contribution in [2.24, 2.45) is 17.0 Å². The van der Waals surface area contributed by atoms with Gasteiger partial charge in [-0.3, -0.25) is 4.79 Å². The fraction of sp³-hybridized carbons (Fsp3) is 0.424. The van der Waals surface area contributed by atoms with Crippen LogP contribution in [0.25, 0.3) is 10.4 Å². The molecule has 18 heteroatoms. The van der Waals surface area contributed by atoms with E-state index >= 15 is 0 Å². The van der Waals surface area contributed by atoms with E-state index in [-0.39, 0.29) is 47.6 Å². The highest BCUT2D eigenvalue weighted by molar-refractivity contribution is 6.75. The summed E-state index contributed by atoms with van der Waals surface area (Å²) in [6.45, 7) is 25.3. The largest absolute Gasteiger partial charge is 0.543 e. The number of esters is 4. The summed E-state index contributed by atoms with van der Waals surface area (Å²) in [6, 6.07) is 28.6. The summed E-state index contributed by atoms with van der Waals surface area (Å²) in [5.41, 5.74) is 11.7. The zero-order valence-electron chi connectivity index (χ0n) is 50.7. The Labute approximate surface area is 497 Å². The van der Waals surface area contributed by atoms with Gasteiger partial charge < -0.3 is 32.9 Å². The number of ether oxygens (including phenoxy) is 4. The van der Waals surface area contributed by atoms with E-state index in [0.29, 0.717) is 59.4 Å². The first-order valence-electron chi connectivity index (χ1n) is 28.6. The van der Waals surface area contributed by atoms with Crippen LogP contribution in [0, 0.1) is 11.8 Å². The monoisotopic (exact) mass is 1180 g/mol. The third-order valence-corrected chi connectivity index (χ3v) is 24.5. The number of hydrogen-bond acceptors (Lipinski definition) is 12. The SMILES string of the molecule is C[C@H]1C/C=C/Cc2cccc(O[Si](C)(C)C(C)(C)C)c2C(=O)OC(C/C=C/C(=O)N=[N+]=[N-])C[C@H]1OC(=O)c1ccccc1.C[C@H]1C/C=C/Cc2cccc(O[Si](C)(C)C(C)(C)C)c2C(=O)OC(C/C=C/C(=O)O)C[C@H]1OC(=O)c1ccccc1. The van der Waals surface area contributed by atoms with E-state index in [4.69, 9.17) is 38.4 Å². The summed E-state index contributed by atoms with van der Waals surface area (Å²) in [7, 11) is -4.59. The molecule has 448 valence electrons. The summed E-state index contributed by atoms with van der Waals surface area (Å²) < 4.78 is 37.3. The van der Waals surface area contributed by atoms with Gasteiger partial charge in [-0.15, -0.1) is 0 Å². The number of benzene rings is 4. The first-order chi connectivity index (χ1) is 39.6. The van der Waals surface area contributed by atoms with Crippen molar-refractivity contribution in [3.05, 3.63) is 189 Å². The maximum atomic E-state index is 13.9. The quantitative estimate of drug-likeness (QED) is 0.0181. The summed E-state index contributed by atoms with van der Waals surface area (Å²) in [4.78, 5) is 79.3. The van der Waals surface area contributed by atoms with Gasteiger partial charge in [0.05, 0.1) is 11.1 Å². The molecule has 1 amide bonds. The summed E-state index contributed by atoms with van der Waals surface area (Å²) in [6.07, 6.45) is 13.6. The number of allylic oxidation sites excluding steroid dienone is 4. The molecule has 1 N–H and O–H groups in total. The van der Waals surface area contributed by atoms with Crippen molar-refractivity contribution in [2.75, 3.05) is 0 Å². The Bertz CT molecular complexity index is 3100. The minimum absolute atomic E-state index is 0.0734. The van der Waals surface area contributed by atoms with Crippen LogP contribution >= 0.6 is 0 Å². The lowest BCUT2D eigenvalue weighted by molar-refractivity contribution is -0.131. The molecular formula is C66H83N3O13Si2. The number of nitrogens with zero attached hydrogens (tertiary/aromatic N) is 3. The zero-order chi connectivity index (χ0) is 61.8. The van der Waals surface area contributed by atoms with E-state index in [1.54, 1.807) is 54.6 Å². The lowest BCUT2D eigenvalue weighted by atomic mass is 9.93. The number of azide groups is 1. The van der Waals surface area contributed by atoms with Gasteiger partial charge >= 0.3 is 29.8 Å². The zero-order valence-corrected chi connectivity index (χ0v) is 52.7. The van der Waals surface area contributed by atoms with E-state index in [1.807, 2.05) is 80.6 Å². The van der Waals surface area contributed by atoms with Gasteiger partial charge in [0.15, 0.2) is 0 Å². The van der Waals surface area contributed by atoms with Gasteiger partial charge in [-0.05, 0) is 138 Å². The molecule has 4 aromatic rings. The fourth-order valence-electron chi connectivity index (χ4n) is 8.72. The van der Waals surface area contributed by atoms with Crippen molar-refractivity contribution in [3.63, 3.8) is 0 Å². The van der Waals surface area contributed by atoms with Crippen LogP contribution in [-0.2, 0) is 41.4 Å². The van der Waals surface area contributed by atoms with Crippen LogP contribution in [0.15, 0.2) is 151 Å². The highest BCUT2D eigenvalue weighted by Crippen LogP contribution is 2.41. The topological polar surface area (TPSA) is 227 Å². The molecule has 0 fully saturated rings. The van der Waals surface area contributed by atoms with E-state index < -0.39 is 76.8 Å². The molecule has 0 saturated heterocycles. The Morgan fingerprint density at radius 2 is 1.00 bits per heavy atom. The number of carboxylic acid groups (broad SMARTS) is 1. The lowest BCUT2D eigenvalue weighted by Crippen LogP contribution is -2.44. The molecule has 0 bridgehead atoms. The number of carbonyl (C=O) groups is 6. The molecule has 6 atom stereocenters. The minimum atomic E-state index is -2.31. The number of hydrogen-bond donors (Lipinski definition) is 1. The summed E-state index contributed by atoms with van der Waals surface area (Å²) >= 11 is 0. The highest BCUT2D eigenvalue weighted by atomic mass is 28.4. The van der Waals surface area contributed by atoms with E-state index in [2.05, 4.69) is 77.8 Å². The van der Waals surface area contributed by atoms with Gasteiger partial charge in [0.1, 0.15) is 47.0 Å². The second-order valence-corrected chi connectivity index (χ2v) is 33.8. The molecule has 16 nitrogen and oxygen atoms in total. The Kier molecular flexibility index (Phi) is 24.5. The standard InChI is InChI=1S/C33H41N3O6Si.C33H42O7Si/c1-23-14-10-11-15-24-18-12-20-27(42-43(5,6)33(2,3)4)30(24)32(39)40-26(19-13-21-29(37)35-36-34)22-28(23)41-31(38)25-16-8-7-9-17-25;1-23-14-10-11-15-24-18-12-20-27(40-41(5,6)33(2,3)4)30(24)32(37)38-26(19-13-21-29(34)35)22-28(23)39-31(36)25-16-8-7-9-17-25/h7-13,16-18,20-21,23,26,28H,14-15,19,22H2,1-6H3;7-13,16-18,20-21,23,26,28H,14-15,19,22H2,1-6H3,(H,34,35)/b2*11-10+,21-13+/t2*23-,26?,28+/m00/s1. The van der Waals surface area contributed by atoms with Crippen LogP contribution in [0.5, 0.6) is 11.5 Å². The van der Waals surface area contributed by atoms with E-state index in [9.17, 15) is 28.8 Å². The van der Waals surface area contributed by atoms with Gasteiger partial charge in [0, 0.05) is 36.7 Å². The first kappa shape index (κ1) is 67.0. The van der Waals surface area contributed by atoms with Crippen LogP contribution < -0.4 is 8.85 Å². The number of aliphatic carboxylic acids is 1. The van der Waals surface area contributed by atoms with E-state index in [0.717, 1.165) is 23.3 Å². The van der Waals surface area contributed by atoms with Crippen molar-refractivity contribution in [2.45, 2.75) is 167 Å². The van der Waals surface area contributed by atoms with Gasteiger partial charge in [0.2, 0.25) is 5.91 Å². The van der Waals surface area contributed by atoms with Crippen molar-refractivity contribution < 1.29 is 61.7 Å². The van der Waals surface area contributed by atoms with Crippen LogP contribution in [-0.4, -0.2) is 81.9 Å². The predicted octanol–water partition coefficient (Wildman–Crippen LogP) is 15.5. The summed E-state index contributed by atoms with van der Waals surface area (Å²) in [5.74, 6) is -3.08. The average molecular weight is 1180 g/mol. The van der Waals surface area contributed by atoms with Gasteiger partial charge in [-0.1, -0.05) is 153 Å². The van der Waals surface area contributed by atoms with Crippen LogP contribution in [0.3, 0.4) is 0 Å². The molecule has 6 rings (SSSR count). The van der Waals surface area contributed by atoms with Crippen molar-refractivity contribution in [3.8, 4) is 11.5 Å². The third-order valence-electron chi connectivity index (χ3n) is 15.8. The molecule has 84 heavy (non-hydrogen) atoms. The van der Waals surface area contributed by atoms with Gasteiger partial charge in [-0.2, -0.15) is 0 Å². The number of rotatable bonds is 14.